The minimum absolute atomic E-state index is 0.0278. The summed E-state index contributed by atoms with van der Waals surface area (Å²) < 4.78 is 5.05. The van der Waals surface area contributed by atoms with E-state index in [1.807, 2.05) is 13.8 Å². The Balaban J connectivity index is 3.17. The third-order valence-electron chi connectivity index (χ3n) is 1.11. The van der Waals surface area contributed by atoms with Gasteiger partial charge in [0.2, 0.25) is 0 Å². The third kappa shape index (κ3) is 2.99. The molecule has 2 atom stereocenters. The fourth-order valence-corrected chi connectivity index (χ4v) is 0.402. The first-order chi connectivity index (χ1) is 3.68. The van der Waals surface area contributed by atoms with Crippen LogP contribution in [0.3, 0.4) is 0 Å². The van der Waals surface area contributed by atoms with Crippen molar-refractivity contribution in [3.8, 4) is 0 Å². The van der Waals surface area contributed by atoms with Crippen molar-refractivity contribution in [1.82, 2.24) is 0 Å². The quantitative estimate of drug-likeness (QED) is 0.593. The third-order valence-corrected chi connectivity index (χ3v) is 1.11. The van der Waals surface area contributed by atoms with Crippen LogP contribution in [0, 0.1) is 0 Å². The molecule has 0 radical (unpaired) electrons. The number of hydrogen-bond acceptors (Lipinski definition) is 2. The predicted molar refractivity (Wildman–Crippen MR) is 32.8 cm³/mol. The minimum atomic E-state index is -0.352. The van der Waals surface area contributed by atoms with Gasteiger partial charge in [0.25, 0.3) is 0 Å². The van der Waals surface area contributed by atoms with Gasteiger partial charge in [-0.15, -0.1) is 0 Å². The lowest BCUT2D eigenvalue weighted by Crippen LogP contribution is -2.22. The molecular weight excluding hydrogens is 104 g/mol. The first kappa shape index (κ1) is 7.92. The smallest absolute Gasteiger partial charge is 0.0802 e. The van der Waals surface area contributed by atoms with Crippen LogP contribution in [0.1, 0.15) is 20.8 Å². The van der Waals surface area contributed by atoms with E-state index in [1.54, 1.807) is 6.92 Å². The summed E-state index contributed by atoms with van der Waals surface area (Å²) in [6.45, 7) is 6.17. The number of aliphatic hydroxyl groups is 1. The molecule has 0 fully saturated rings. The summed E-state index contributed by atoms with van der Waals surface area (Å²) in [7, 11) is 0. The summed E-state index contributed by atoms with van der Waals surface area (Å²) in [5.41, 5.74) is 0. The van der Waals surface area contributed by atoms with Gasteiger partial charge in [-0.25, -0.2) is 0 Å². The molecule has 0 aromatic carbocycles. The molecule has 8 heavy (non-hydrogen) atoms. The molecule has 0 aliphatic carbocycles. The Hall–Kier alpha value is -0.0800. The molecule has 0 spiro atoms. The number of rotatable bonds is 3. The molecule has 0 heterocycles. The Bertz CT molecular complexity index is 52.5. The minimum Gasteiger partial charge on any atom is -0.391 e. The first-order valence-electron chi connectivity index (χ1n) is 2.98. The molecule has 0 amide bonds. The molecule has 0 rings (SSSR count). The van der Waals surface area contributed by atoms with Crippen molar-refractivity contribution in [2.24, 2.45) is 0 Å². The SMILES string of the molecule is CCOC(C)[C@@H](C)O. The van der Waals surface area contributed by atoms with Crippen LogP contribution in [0.25, 0.3) is 0 Å². The van der Waals surface area contributed by atoms with Gasteiger partial charge in [0.15, 0.2) is 0 Å². The molecule has 1 unspecified atom stereocenters. The van der Waals surface area contributed by atoms with Crippen molar-refractivity contribution in [2.45, 2.75) is 33.0 Å². The molecule has 0 aromatic heterocycles. The van der Waals surface area contributed by atoms with Crippen LogP contribution in [0.4, 0.5) is 0 Å². The van der Waals surface area contributed by atoms with E-state index in [-0.39, 0.29) is 12.2 Å². The van der Waals surface area contributed by atoms with Crippen molar-refractivity contribution in [1.29, 1.82) is 0 Å². The molecule has 0 saturated carbocycles. The molecular formula is C6H14O2. The predicted octanol–water partition coefficient (Wildman–Crippen LogP) is 0.792. The van der Waals surface area contributed by atoms with Crippen molar-refractivity contribution >= 4 is 0 Å². The molecule has 2 heteroatoms. The molecule has 1 N–H and O–H groups in total. The molecule has 2 nitrogen and oxygen atoms in total. The molecule has 0 saturated heterocycles. The second-order valence-corrected chi connectivity index (χ2v) is 1.90. The molecule has 0 bridgehead atoms. The summed E-state index contributed by atoms with van der Waals surface area (Å²) in [6, 6.07) is 0. The van der Waals surface area contributed by atoms with Gasteiger partial charge in [-0.2, -0.15) is 0 Å². The van der Waals surface area contributed by atoms with Crippen LogP contribution in [0.15, 0.2) is 0 Å². The Morgan fingerprint density at radius 1 is 1.50 bits per heavy atom. The van der Waals surface area contributed by atoms with Crippen molar-refractivity contribution in [3.05, 3.63) is 0 Å². The highest BCUT2D eigenvalue weighted by Crippen LogP contribution is 1.95. The van der Waals surface area contributed by atoms with Crippen molar-refractivity contribution in [3.63, 3.8) is 0 Å². The fourth-order valence-electron chi connectivity index (χ4n) is 0.402. The van der Waals surface area contributed by atoms with E-state index in [0.29, 0.717) is 6.61 Å². The van der Waals surface area contributed by atoms with Crippen LogP contribution < -0.4 is 0 Å². The van der Waals surface area contributed by atoms with Gasteiger partial charge in [0.05, 0.1) is 12.2 Å². The van der Waals surface area contributed by atoms with E-state index in [9.17, 15) is 0 Å². The van der Waals surface area contributed by atoms with Crippen LogP contribution in [0.5, 0.6) is 0 Å². The maximum absolute atomic E-state index is 8.83. The van der Waals surface area contributed by atoms with Gasteiger partial charge in [0, 0.05) is 6.61 Å². The van der Waals surface area contributed by atoms with Gasteiger partial charge < -0.3 is 9.84 Å². The molecule has 50 valence electrons. The van der Waals surface area contributed by atoms with Gasteiger partial charge in [-0.1, -0.05) is 0 Å². The van der Waals surface area contributed by atoms with E-state index in [0.717, 1.165) is 0 Å². The van der Waals surface area contributed by atoms with Crippen LogP contribution in [-0.4, -0.2) is 23.9 Å². The summed E-state index contributed by atoms with van der Waals surface area (Å²) in [5, 5.41) is 8.83. The highest BCUT2D eigenvalue weighted by atomic mass is 16.5. The van der Waals surface area contributed by atoms with E-state index in [4.69, 9.17) is 9.84 Å². The zero-order valence-corrected chi connectivity index (χ0v) is 5.72. The standard InChI is InChI=1S/C6H14O2/c1-4-8-6(3)5(2)7/h5-7H,4H2,1-3H3/t5-,6?/m1/s1. The highest BCUT2D eigenvalue weighted by molar-refractivity contribution is 4.55. The lowest BCUT2D eigenvalue weighted by Gasteiger charge is -2.13. The molecule has 0 aliphatic heterocycles. The zero-order valence-electron chi connectivity index (χ0n) is 5.72. The Labute approximate surface area is 50.5 Å². The number of aliphatic hydroxyl groups excluding tert-OH is 1. The van der Waals surface area contributed by atoms with Gasteiger partial charge in [0.1, 0.15) is 0 Å². The number of ether oxygens (including phenoxy) is 1. The summed E-state index contributed by atoms with van der Waals surface area (Å²) in [4.78, 5) is 0. The normalized spacial score (nSPS) is 18.0. The maximum atomic E-state index is 8.83. The van der Waals surface area contributed by atoms with Gasteiger partial charge in [-0.05, 0) is 20.8 Å². The van der Waals surface area contributed by atoms with E-state index in [1.165, 1.54) is 0 Å². The monoisotopic (exact) mass is 118 g/mol. The van der Waals surface area contributed by atoms with Crippen molar-refractivity contribution < 1.29 is 9.84 Å². The van der Waals surface area contributed by atoms with Crippen LogP contribution in [-0.2, 0) is 4.74 Å². The summed E-state index contributed by atoms with van der Waals surface area (Å²) in [6.07, 6.45) is -0.380. The molecule has 0 aliphatic rings. The lowest BCUT2D eigenvalue weighted by molar-refractivity contribution is -0.0125. The maximum Gasteiger partial charge on any atom is 0.0802 e. The zero-order chi connectivity index (χ0) is 6.57. The topological polar surface area (TPSA) is 29.5 Å². The van der Waals surface area contributed by atoms with E-state index >= 15 is 0 Å². The second kappa shape index (κ2) is 3.87. The Kier molecular flexibility index (Phi) is 3.83. The van der Waals surface area contributed by atoms with Gasteiger partial charge in [-0.3, -0.25) is 0 Å². The summed E-state index contributed by atoms with van der Waals surface area (Å²) >= 11 is 0. The van der Waals surface area contributed by atoms with Crippen LogP contribution >= 0.6 is 0 Å². The Morgan fingerprint density at radius 3 is 2.12 bits per heavy atom. The first-order valence-corrected chi connectivity index (χ1v) is 2.98. The Morgan fingerprint density at radius 2 is 2.00 bits per heavy atom. The number of hydrogen-bond donors (Lipinski definition) is 1. The van der Waals surface area contributed by atoms with Gasteiger partial charge >= 0.3 is 0 Å². The van der Waals surface area contributed by atoms with Crippen molar-refractivity contribution in [2.75, 3.05) is 6.61 Å². The summed E-state index contributed by atoms with van der Waals surface area (Å²) in [5.74, 6) is 0. The average Bonchev–Trinajstić information content (AvgIpc) is 1.67. The lowest BCUT2D eigenvalue weighted by atomic mass is 10.3. The van der Waals surface area contributed by atoms with E-state index < -0.39 is 0 Å². The second-order valence-electron chi connectivity index (χ2n) is 1.90. The average molecular weight is 118 g/mol. The highest BCUT2D eigenvalue weighted by Gasteiger charge is 2.05. The fraction of sp³-hybridized carbons (Fsp3) is 1.00. The van der Waals surface area contributed by atoms with E-state index in [2.05, 4.69) is 0 Å². The van der Waals surface area contributed by atoms with Crippen LogP contribution in [0.2, 0.25) is 0 Å². The molecule has 0 aromatic rings. The largest absolute Gasteiger partial charge is 0.391 e.